The van der Waals surface area contributed by atoms with Gasteiger partial charge in [0.05, 0.1) is 31.9 Å². The number of hydrogen-bond acceptors (Lipinski definition) is 5. The SMILES string of the molecule is COc1cccc(-c2cc(C)c3cc(CC(=O)N4CCN(C)CC4)ccc3n2)c1OC. The van der Waals surface area contributed by atoms with Crippen LogP contribution in [0, 0.1) is 6.92 Å². The van der Waals surface area contributed by atoms with Gasteiger partial charge in [0, 0.05) is 37.1 Å². The van der Waals surface area contributed by atoms with Crippen LogP contribution in [-0.4, -0.2) is 68.1 Å². The number of para-hydroxylation sites is 1. The van der Waals surface area contributed by atoms with Crippen LogP contribution in [0.1, 0.15) is 11.1 Å². The van der Waals surface area contributed by atoms with E-state index in [1.807, 2.05) is 35.2 Å². The molecule has 0 aliphatic carbocycles. The summed E-state index contributed by atoms with van der Waals surface area (Å²) in [7, 11) is 5.36. The van der Waals surface area contributed by atoms with Crippen LogP contribution in [0.3, 0.4) is 0 Å². The number of amides is 1. The van der Waals surface area contributed by atoms with Crippen LogP contribution in [-0.2, 0) is 11.2 Å². The normalized spacial score (nSPS) is 14.6. The monoisotopic (exact) mass is 419 g/mol. The van der Waals surface area contributed by atoms with E-state index in [1.54, 1.807) is 14.2 Å². The average Bonchev–Trinajstić information content (AvgIpc) is 2.79. The topological polar surface area (TPSA) is 54.9 Å². The number of piperazine rings is 1. The van der Waals surface area contributed by atoms with Gasteiger partial charge in [0.25, 0.3) is 0 Å². The zero-order valence-corrected chi connectivity index (χ0v) is 18.6. The van der Waals surface area contributed by atoms with Crippen molar-refractivity contribution in [3.63, 3.8) is 0 Å². The minimum absolute atomic E-state index is 0.191. The van der Waals surface area contributed by atoms with E-state index >= 15 is 0 Å². The summed E-state index contributed by atoms with van der Waals surface area (Å²) in [5.74, 6) is 1.54. The molecular weight excluding hydrogens is 390 g/mol. The lowest BCUT2D eigenvalue weighted by Gasteiger charge is -2.32. The van der Waals surface area contributed by atoms with Gasteiger partial charge in [-0.2, -0.15) is 0 Å². The Kier molecular flexibility index (Phi) is 6.09. The van der Waals surface area contributed by atoms with E-state index < -0.39 is 0 Å². The number of ether oxygens (including phenoxy) is 2. The highest BCUT2D eigenvalue weighted by molar-refractivity contribution is 5.88. The molecule has 4 rings (SSSR count). The third-order valence-corrected chi connectivity index (χ3v) is 5.97. The van der Waals surface area contributed by atoms with Crippen molar-refractivity contribution in [2.45, 2.75) is 13.3 Å². The van der Waals surface area contributed by atoms with Crippen molar-refractivity contribution in [2.75, 3.05) is 47.4 Å². The molecule has 0 spiro atoms. The number of nitrogens with zero attached hydrogens (tertiary/aromatic N) is 3. The Balaban J connectivity index is 1.62. The lowest BCUT2D eigenvalue weighted by atomic mass is 10.0. The zero-order chi connectivity index (χ0) is 22.0. The van der Waals surface area contributed by atoms with Crippen LogP contribution in [0.5, 0.6) is 11.5 Å². The van der Waals surface area contributed by atoms with Gasteiger partial charge in [0.15, 0.2) is 11.5 Å². The van der Waals surface area contributed by atoms with Crippen molar-refractivity contribution in [1.82, 2.24) is 14.8 Å². The summed E-state index contributed by atoms with van der Waals surface area (Å²) in [5.41, 5.74) is 4.76. The summed E-state index contributed by atoms with van der Waals surface area (Å²) in [4.78, 5) is 21.8. The van der Waals surface area contributed by atoms with E-state index in [-0.39, 0.29) is 5.91 Å². The average molecular weight is 420 g/mol. The number of methoxy groups -OCH3 is 2. The van der Waals surface area contributed by atoms with Crippen LogP contribution >= 0.6 is 0 Å². The summed E-state index contributed by atoms with van der Waals surface area (Å²) < 4.78 is 11.0. The van der Waals surface area contributed by atoms with E-state index in [2.05, 4.69) is 31.0 Å². The van der Waals surface area contributed by atoms with Crippen molar-refractivity contribution in [1.29, 1.82) is 0 Å². The zero-order valence-electron chi connectivity index (χ0n) is 18.6. The van der Waals surface area contributed by atoms with Crippen LogP contribution in [0.2, 0.25) is 0 Å². The van der Waals surface area contributed by atoms with Crippen LogP contribution in [0.4, 0.5) is 0 Å². The Morgan fingerprint density at radius 3 is 2.52 bits per heavy atom. The number of likely N-dealkylation sites (N-methyl/N-ethyl adjacent to an activating group) is 1. The van der Waals surface area contributed by atoms with Crippen molar-refractivity contribution in [3.8, 4) is 22.8 Å². The minimum Gasteiger partial charge on any atom is -0.493 e. The van der Waals surface area contributed by atoms with Gasteiger partial charge in [-0.3, -0.25) is 4.79 Å². The summed E-state index contributed by atoms with van der Waals surface area (Å²) in [6, 6.07) is 14.0. The molecular formula is C25H29N3O3. The highest BCUT2D eigenvalue weighted by atomic mass is 16.5. The molecule has 1 aromatic heterocycles. The number of aromatic nitrogens is 1. The smallest absolute Gasteiger partial charge is 0.227 e. The Bertz CT molecular complexity index is 1100. The number of carbonyl (C=O) groups is 1. The van der Waals surface area contributed by atoms with Crippen molar-refractivity contribution in [2.24, 2.45) is 0 Å². The first-order valence-corrected chi connectivity index (χ1v) is 10.6. The minimum atomic E-state index is 0.191. The van der Waals surface area contributed by atoms with E-state index in [0.29, 0.717) is 17.9 Å². The van der Waals surface area contributed by atoms with Gasteiger partial charge >= 0.3 is 0 Å². The number of hydrogen-bond donors (Lipinski definition) is 0. The van der Waals surface area contributed by atoms with Crippen LogP contribution in [0.15, 0.2) is 42.5 Å². The van der Waals surface area contributed by atoms with Gasteiger partial charge in [-0.1, -0.05) is 12.1 Å². The van der Waals surface area contributed by atoms with Gasteiger partial charge in [0.1, 0.15) is 0 Å². The maximum Gasteiger partial charge on any atom is 0.227 e. The first-order valence-electron chi connectivity index (χ1n) is 10.6. The number of benzene rings is 2. The molecule has 6 heteroatoms. The fourth-order valence-corrected chi connectivity index (χ4v) is 4.12. The first-order chi connectivity index (χ1) is 15.0. The molecule has 1 aliphatic heterocycles. The number of pyridine rings is 1. The number of rotatable bonds is 5. The number of carbonyl (C=O) groups excluding carboxylic acids is 1. The van der Waals surface area contributed by atoms with Crippen molar-refractivity contribution >= 4 is 16.8 Å². The summed E-state index contributed by atoms with van der Waals surface area (Å²) in [5, 5.41) is 1.06. The number of aryl methyl sites for hydroxylation is 1. The third-order valence-electron chi connectivity index (χ3n) is 5.97. The fraction of sp³-hybridized carbons (Fsp3) is 0.360. The van der Waals surface area contributed by atoms with Crippen molar-refractivity contribution < 1.29 is 14.3 Å². The molecule has 2 heterocycles. The summed E-state index contributed by atoms with van der Waals surface area (Å²) >= 11 is 0. The summed E-state index contributed by atoms with van der Waals surface area (Å²) in [6.45, 7) is 5.54. The highest BCUT2D eigenvalue weighted by Gasteiger charge is 2.19. The Hall–Kier alpha value is -3.12. The van der Waals surface area contributed by atoms with Gasteiger partial charge < -0.3 is 19.3 Å². The molecule has 1 saturated heterocycles. The van der Waals surface area contributed by atoms with Crippen molar-refractivity contribution in [3.05, 3.63) is 53.6 Å². The summed E-state index contributed by atoms with van der Waals surface area (Å²) in [6.07, 6.45) is 0.421. The predicted molar refractivity (Wildman–Crippen MR) is 123 cm³/mol. The molecule has 2 aromatic carbocycles. The highest BCUT2D eigenvalue weighted by Crippen LogP contribution is 2.38. The quantitative estimate of drug-likeness (QED) is 0.633. The molecule has 6 nitrogen and oxygen atoms in total. The van der Waals surface area contributed by atoms with Gasteiger partial charge in [-0.05, 0) is 55.4 Å². The molecule has 1 fully saturated rings. The fourth-order valence-electron chi connectivity index (χ4n) is 4.12. The molecule has 1 amide bonds. The van der Waals surface area contributed by atoms with Crippen LogP contribution in [0.25, 0.3) is 22.2 Å². The molecule has 3 aromatic rings. The van der Waals surface area contributed by atoms with Gasteiger partial charge in [0.2, 0.25) is 5.91 Å². The van der Waals surface area contributed by atoms with E-state index in [1.165, 1.54) is 0 Å². The molecule has 0 unspecified atom stereocenters. The maximum absolute atomic E-state index is 12.7. The largest absolute Gasteiger partial charge is 0.493 e. The Morgan fingerprint density at radius 2 is 1.81 bits per heavy atom. The lowest BCUT2D eigenvalue weighted by Crippen LogP contribution is -2.47. The van der Waals surface area contributed by atoms with E-state index in [9.17, 15) is 4.79 Å². The van der Waals surface area contributed by atoms with Gasteiger partial charge in [-0.25, -0.2) is 4.98 Å². The predicted octanol–water partition coefficient (Wildman–Crippen LogP) is 3.54. The molecule has 0 radical (unpaired) electrons. The second kappa shape index (κ2) is 8.94. The second-order valence-corrected chi connectivity index (χ2v) is 8.08. The third kappa shape index (κ3) is 4.35. The Labute approximate surface area is 183 Å². The number of fused-ring (bicyclic) bond motifs is 1. The molecule has 162 valence electrons. The molecule has 0 N–H and O–H groups in total. The molecule has 0 saturated carbocycles. The van der Waals surface area contributed by atoms with E-state index in [4.69, 9.17) is 14.5 Å². The van der Waals surface area contributed by atoms with Gasteiger partial charge in [-0.15, -0.1) is 0 Å². The maximum atomic E-state index is 12.7. The molecule has 0 bridgehead atoms. The lowest BCUT2D eigenvalue weighted by molar-refractivity contribution is -0.132. The molecule has 0 atom stereocenters. The molecule has 31 heavy (non-hydrogen) atoms. The standard InChI is InChI=1S/C25H29N3O3/c1-17-14-22(19-6-5-7-23(30-3)25(19)31-4)26-21-9-8-18(15-20(17)21)16-24(29)28-12-10-27(2)11-13-28/h5-9,14-15H,10-13,16H2,1-4H3. The van der Waals surface area contributed by atoms with E-state index in [0.717, 1.165) is 59.5 Å². The first kappa shape index (κ1) is 21.1. The Morgan fingerprint density at radius 1 is 1.03 bits per heavy atom. The molecule has 1 aliphatic rings. The second-order valence-electron chi connectivity index (χ2n) is 8.08. The van der Waals surface area contributed by atoms with Crippen LogP contribution < -0.4 is 9.47 Å².